The molecule has 1 aliphatic rings. The van der Waals surface area contributed by atoms with Crippen molar-refractivity contribution in [1.82, 2.24) is 10.6 Å². The zero-order chi connectivity index (χ0) is 19.1. The fraction of sp³-hybridized carbons (Fsp3) is 0.125. The van der Waals surface area contributed by atoms with E-state index in [0.29, 0.717) is 5.56 Å². The van der Waals surface area contributed by atoms with Crippen LogP contribution in [0.4, 0.5) is 14.9 Å². The smallest absolute Gasteiger partial charge is 0.320 e. The van der Waals surface area contributed by atoms with Gasteiger partial charge in [0.05, 0.1) is 9.92 Å². The Morgan fingerprint density at radius 2 is 1.77 bits per heavy atom. The number of halogens is 2. The van der Waals surface area contributed by atoms with Crippen molar-refractivity contribution in [2.45, 2.75) is 17.4 Å². The number of amides is 3. The number of rotatable bonds is 4. The summed E-state index contributed by atoms with van der Waals surface area (Å²) in [5, 5.41) is 4.35. The molecule has 0 spiro atoms. The van der Waals surface area contributed by atoms with Gasteiger partial charge in [-0.15, -0.1) is 0 Å². The molecule has 1 heterocycles. The van der Waals surface area contributed by atoms with Gasteiger partial charge < -0.3 is 5.32 Å². The lowest BCUT2D eigenvalue weighted by Gasteiger charge is -2.21. The zero-order valence-corrected chi connectivity index (χ0v) is 14.9. The summed E-state index contributed by atoms with van der Waals surface area (Å²) in [6.07, 6.45) is 0. The number of benzene rings is 2. The molecule has 3 amide bonds. The molecular formula is C16H13ClFN3O4S. The van der Waals surface area contributed by atoms with Gasteiger partial charge in [0.2, 0.25) is 0 Å². The van der Waals surface area contributed by atoms with Gasteiger partial charge in [-0.2, -0.15) is 0 Å². The van der Waals surface area contributed by atoms with Crippen LogP contribution in [0.5, 0.6) is 0 Å². The van der Waals surface area contributed by atoms with Gasteiger partial charge in [0.15, 0.2) is 0 Å². The van der Waals surface area contributed by atoms with Crippen molar-refractivity contribution in [2.24, 2.45) is 0 Å². The van der Waals surface area contributed by atoms with Crippen molar-refractivity contribution in [3.8, 4) is 0 Å². The number of hydrogen-bond donors (Lipinski definition) is 3. The first-order valence-electron chi connectivity index (χ1n) is 7.34. The molecule has 26 heavy (non-hydrogen) atoms. The number of sulfonamides is 1. The molecule has 2 aromatic rings. The molecule has 1 fully saturated rings. The van der Waals surface area contributed by atoms with Crippen LogP contribution in [0.3, 0.4) is 0 Å². The van der Waals surface area contributed by atoms with Crippen LogP contribution < -0.4 is 15.4 Å². The summed E-state index contributed by atoms with van der Waals surface area (Å²) in [5.74, 6) is -1.23. The highest BCUT2D eigenvalue weighted by atomic mass is 35.5. The molecule has 1 atom stereocenters. The van der Waals surface area contributed by atoms with Crippen molar-refractivity contribution in [1.29, 1.82) is 0 Å². The first-order chi connectivity index (χ1) is 12.1. The van der Waals surface area contributed by atoms with Crippen molar-refractivity contribution in [3.63, 3.8) is 0 Å². The third-order valence-electron chi connectivity index (χ3n) is 3.96. The Bertz CT molecular complexity index is 1010. The van der Waals surface area contributed by atoms with Crippen molar-refractivity contribution in [2.75, 3.05) is 4.72 Å². The lowest BCUT2D eigenvalue weighted by molar-refractivity contribution is -0.123. The Labute approximate surface area is 153 Å². The van der Waals surface area contributed by atoms with Gasteiger partial charge in [0.1, 0.15) is 11.4 Å². The minimum Gasteiger partial charge on any atom is -0.320 e. The Kier molecular flexibility index (Phi) is 4.37. The van der Waals surface area contributed by atoms with E-state index in [-0.39, 0.29) is 15.6 Å². The van der Waals surface area contributed by atoms with Crippen LogP contribution in [0, 0.1) is 5.82 Å². The zero-order valence-electron chi connectivity index (χ0n) is 13.3. The number of imide groups is 1. The number of hydrogen-bond acceptors (Lipinski definition) is 4. The van der Waals surface area contributed by atoms with Crippen molar-refractivity contribution in [3.05, 3.63) is 58.9 Å². The Hall–Kier alpha value is -2.65. The highest BCUT2D eigenvalue weighted by Crippen LogP contribution is 2.27. The third-order valence-corrected chi connectivity index (χ3v) is 5.63. The lowest BCUT2D eigenvalue weighted by atomic mass is 9.92. The summed E-state index contributed by atoms with van der Waals surface area (Å²) in [4.78, 5) is 23.1. The molecule has 0 aliphatic carbocycles. The number of anilines is 1. The Balaban J connectivity index is 1.84. The van der Waals surface area contributed by atoms with Crippen LogP contribution in [0.25, 0.3) is 0 Å². The largest absolute Gasteiger partial charge is 0.322 e. The molecule has 7 nitrogen and oxygen atoms in total. The predicted molar refractivity (Wildman–Crippen MR) is 92.7 cm³/mol. The molecule has 1 aliphatic heterocycles. The average Bonchev–Trinajstić information content (AvgIpc) is 2.83. The summed E-state index contributed by atoms with van der Waals surface area (Å²) in [5.41, 5.74) is -0.532. The predicted octanol–water partition coefficient (Wildman–Crippen LogP) is 2.33. The fourth-order valence-corrected chi connectivity index (χ4v) is 3.81. The molecule has 3 N–H and O–H groups in total. The van der Waals surface area contributed by atoms with E-state index in [1.807, 2.05) is 0 Å². The Morgan fingerprint density at radius 1 is 1.12 bits per heavy atom. The molecule has 136 valence electrons. The maximum absolute atomic E-state index is 13.2. The van der Waals surface area contributed by atoms with E-state index >= 15 is 0 Å². The standard InChI is InChI=1S/C16H13ClFN3O4S/c1-16(14(22)19-15(23)20-16)9-2-4-10(5-3-9)21-26(24,25)11-6-7-13(18)12(17)8-11/h2-8,21H,1H3,(H2,19,20,22,23)/t16-/m1/s1. The monoisotopic (exact) mass is 397 g/mol. The normalized spacial score (nSPS) is 19.8. The van der Waals surface area contributed by atoms with E-state index in [2.05, 4.69) is 15.4 Å². The molecule has 0 unspecified atom stereocenters. The van der Waals surface area contributed by atoms with Gasteiger partial charge in [-0.05, 0) is 42.8 Å². The molecule has 0 radical (unpaired) electrons. The minimum atomic E-state index is -3.97. The summed E-state index contributed by atoms with van der Waals surface area (Å²) in [7, 11) is -3.97. The van der Waals surface area contributed by atoms with Gasteiger partial charge in [0.25, 0.3) is 15.9 Å². The summed E-state index contributed by atoms with van der Waals surface area (Å²) < 4.78 is 40.2. The van der Waals surface area contributed by atoms with E-state index in [4.69, 9.17) is 11.6 Å². The highest BCUT2D eigenvalue weighted by Gasteiger charge is 2.43. The first kappa shape index (κ1) is 18.2. The first-order valence-corrected chi connectivity index (χ1v) is 9.20. The van der Waals surface area contributed by atoms with Gasteiger partial charge in [-0.1, -0.05) is 23.7 Å². The second kappa shape index (κ2) is 6.26. The quantitative estimate of drug-likeness (QED) is 0.688. The van der Waals surface area contributed by atoms with E-state index < -0.39 is 33.3 Å². The van der Waals surface area contributed by atoms with Crippen LogP contribution >= 0.6 is 11.6 Å². The number of carbonyl (C=O) groups is 2. The topological polar surface area (TPSA) is 104 Å². The van der Waals surface area contributed by atoms with E-state index in [9.17, 15) is 22.4 Å². The maximum Gasteiger partial charge on any atom is 0.322 e. The summed E-state index contributed by atoms with van der Waals surface area (Å²) >= 11 is 5.62. The lowest BCUT2D eigenvalue weighted by Crippen LogP contribution is -2.40. The van der Waals surface area contributed by atoms with Crippen LogP contribution in [0.2, 0.25) is 5.02 Å². The molecule has 0 bridgehead atoms. The number of carbonyl (C=O) groups excluding carboxylic acids is 2. The number of nitrogens with one attached hydrogen (secondary N) is 3. The van der Waals surface area contributed by atoms with Crippen LogP contribution in [-0.2, 0) is 20.4 Å². The van der Waals surface area contributed by atoms with Crippen LogP contribution in [0.1, 0.15) is 12.5 Å². The molecule has 10 heteroatoms. The second-order valence-corrected chi connectivity index (χ2v) is 7.88. The van der Waals surface area contributed by atoms with Gasteiger partial charge in [-0.25, -0.2) is 17.6 Å². The van der Waals surface area contributed by atoms with Gasteiger partial charge in [0, 0.05) is 5.69 Å². The molecule has 1 saturated heterocycles. The van der Waals surface area contributed by atoms with Gasteiger partial charge >= 0.3 is 6.03 Å². The van der Waals surface area contributed by atoms with E-state index in [0.717, 1.165) is 18.2 Å². The fourth-order valence-electron chi connectivity index (χ4n) is 2.48. The third kappa shape index (κ3) is 3.23. The Morgan fingerprint density at radius 3 is 2.31 bits per heavy atom. The van der Waals surface area contributed by atoms with Crippen LogP contribution in [0.15, 0.2) is 47.4 Å². The highest BCUT2D eigenvalue weighted by molar-refractivity contribution is 7.92. The number of urea groups is 1. The summed E-state index contributed by atoms with van der Waals surface area (Å²) in [6, 6.07) is 8.38. The van der Waals surface area contributed by atoms with E-state index in [1.165, 1.54) is 31.2 Å². The molecule has 3 rings (SSSR count). The van der Waals surface area contributed by atoms with Crippen molar-refractivity contribution < 1.29 is 22.4 Å². The van der Waals surface area contributed by atoms with Gasteiger partial charge in [-0.3, -0.25) is 14.8 Å². The molecule has 0 saturated carbocycles. The molecule has 2 aromatic carbocycles. The average molecular weight is 398 g/mol. The van der Waals surface area contributed by atoms with Crippen LogP contribution in [-0.4, -0.2) is 20.4 Å². The molecule has 0 aromatic heterocycles. The molecular weight excluding hydrogens is 385 g/mol. The van der Waals surface area contributed by atoms with Crippen molar-refractivity contribution >= 4 is 39.2 Å². The maximum atomic E-state index is 13.2. The second-order valence-electron chi connectivity index (χ2n) is 5.79. The minimum absolute atomic E-state index is 0.192. The SMILES string of the molecule is C[C@]1(c2ccc(NS(=O)(=O)c3ccc(F)c(Cl)c3)cc2)NC(=O)NC1=O. The summed E-state index contributed by atoms with van der Waals surface area (Å²) in [6.45, 7) is 1.53. The van der Waals surface area contributed by atoms with E-state index in [1.54, 1.807) is 0 Å².